The van der Waals surface area contributed by atoms with Gasteiger partial charge in [-0.15, -0.1) is 10.2 Å². The third-order valence-corrected chi connectivity index (χ3v) is 3.38. The standard InChI is InChI=1S/C12H13BrF2N4/c1-19-7-17-18-11(19)4-5-16-6-8-10(14)3-2-9(13)12(8)15/h2-3,7,16H,4-6H2,1H3. The average Bonchev–Trinajstić information content (AvgIpc) is 2.79. The summed E-state index contributed by atoms with van der Waals surface area (Å²) < 4.78 is 29.2. The molecule has 0 radical (unpaired) electrons. The van der Waals surface area contributed by atoms with Crippen LogP contribution in [0.25, 0.3) is 0 Å². The third kappa shape index (κ3) is 3.36. The van der Waals surface area contributed by atoms with E-state index < -0.39 is 11.6 Å². The Morgan fingerprint density at radius 1 is 1.37 bits per heavy atom. The Morgan fingerprint density at radius 3 is 2.84 bits per heavy atom. The second-order valence-corrected chi connectivity index (χ2v) is 4.96. The van der Waals surface area contributed by atoms with Crippen molar-refractivity contribution in [2.45, 2.75) is 13.0 Å². The minimum absolute atomic E-state index is 0.0346. The van der Waals surface area contributed by atoms with Gasteiger partial charge in [-0.2, -0.15) is 0 Å². The summed E-state index contributed by atoms with van der Waals surface area (Å²) in [6, 6.07) is 2.60. The molecule has 1 N–H and O–H groups in total. The van der Waals surface area contributed by atoms with Crippen molar-refractivity contribution in [2.24, 2.45) is 7.05 Å². The lowest BCUT2D eigenvalue weighted by Gasteiger charge is -2.08. The molecule has 4 nitrogen and oxygen atoms in total. The number of nitrogens with one attached hydrogen (secondary N) is 1. The van der Waals surface area contributed by atoms with E-state index in [0.29, 0.717) is 13.0 Å². The van der Waals surface area contributed by atoms with Gasteiger partial charge in [0.15, 0.2) is 0 Å². The van der Waals surface area contributed by atoms with E-state index in [9.17, 15) is 8.78 Å². The zero-order valence-corrected chi connectivity index (χ0v) is 11.9. The van der Waals surface area contributed by atoms with Crippen LogP contribution in [0.2, 0.25) is 0 Å². The van der Waals surface area contributed by atoms with E-state index in [1.54, 1.807) is 6.33 Å². The average molecular weight is 331 g/mol. The molecule has 0 fully saturated rings. The first kappa shape index (κ1) is 14.1. The maximum absolute atomic E-state index is 13.7. The molecule has 0 aliphatic carbocycles. The highest BCUT2D eigenvalue weighted by molar-refractivity contribution is 9.10. The number of halogens is 3. The summed E-state index contributed by atoms with van der Waals surface area (Å²) in [5, 5.41) is 10.7. The van der Waals surface area contributed by atoms with Gasteiger partial charge in [0.05, 0.1) is 4.47 Å². The first-order valence-corrected chi connectivity index (χ1v) is 6.55. The summed E-state index contributed by atoms with van der Waals surface area (Å²) in [4.78, 5) is 0. The highest BCUT2D eigenvalue weighted by Gasteiger charge is 2.11. The predicted octanol–water partition coefficient (Wildman–Crippen LogP) is 2.19. The minimum atomic E-state index is -0.564. The van der Waals surface area contributed by atoms with Crippen molar-refractivity contribution >= 4 is 15.9 Å². The number of hydrogen-bond acceptors (Lipinski definition) is 3. The Morgan fingerprint density at radius 2 is 2.16 bits per heavy atom. The quantitative estimate of drug-likeness (QED) is 0.675. The normalized spacial score (nSPS) is 10.9. The smallest absolute Gasteiger partial charge is 0.144 e. The monoisotopic (exact) mass is 330 g/mol. The van der Waals surface area contributed by atoms with Crippen LogP contribution in [-0.4, -0.2) is 21.3 Å². The van der Waals surface area contributed by atoms with Gasteiger partial charge >= 0.3 is 0 Å². The zero-order valence-electron chi connectivity index (χ0n) is 10.3. The van der Waals surface area contributed by atoms with E-state index in [4.69, 9.17) is 0 Å². The first-order chi connectivity index (χ1) is 9.09. The van der Waals surface area contributed by atoms with Gasteiger partial charge < -0.3 is 9.88 Å². The molecule has 0 atom stereocenters. The molecule has 0 aliphatic rings. The molecule has 19 heavy (non-hydrogen) atoms. The lowest BCUT2D eigenvalue weighted by atomic mass is 10.2. The largest absolute Gasteiger partial charge is 0.321 e. The fourth-order valence-electron chi connectivity index (χ4n) is 1.68. The van der Waals surface area contributed by atoms with E-state index in [0.717, 1.165) is 5.82 Å². The number of aromatic nitrogens is 3. The van der Waals surface area contributed by atoms with Crippen LogP contribution in [0.1, 0.15) is 11.4 Å². The maximum atomic E-state index is 13.7. The molecule has 0 aliphatic heterocycles. The fraction of sp³-hybridized carbons (Fsp3) is 0.333. The lowest BCUT2D eigenvalue weighted by Crippen LogP contribution is -2.19. The molecule has 1 heterocycles. The SMILES string of the molecule is Cn1cnnc1CCNCc1c(F)ccc(Br)c1F. The van der Waals surface area contributed by atoms with E-state index in [1.807, 2.05) is 11.6 Å². The number of benzene rings is 1. The van der Waals surface area contributed by atoms with Crippen molar-refractivity contribution in [1.82, 2.24) is 20.1 Å². The summed E-state index contributed by atoms with van der Waals surface area (Å²) in [6.45, 7) is 0.701. The van der Waals surface area contributed by atoms with E-state index in [1.165, 1.54) is 12.1 Å². The van der Waals surface area contributed by atoms with Crippen molar-refractivity contribution in [3.8, 4) is 0 Å². The van der Waals surface area contributed by atoms with Crippen molar-refractivity contribution in [3.63, 3.8) is 0 Å². The summed E-state index contributed by atoms with van der Waals surface area (Å²) in [7, 11) is 1.85. The van der Waals surface area contributed by atoms with Gasteiger partial charge in [-0.05, 0) is 28.1 Å². The molecule has 1 aromatic carbocycles. The molecule has 0 bridgehead atoms. The van der Waals surface area contributed by atoms with Crippen LogP contribution in [-0.2, 0) is 20.0 Å². The molecule has 1 aromatic heterocycles. The number of aryl methyl sites for hydroxylation is 1. The van der Waals surface area contributed by atoms with E-state index in [2.05, 4.69) is 31.4 Å². The van der Waals surface area contributed by atoms with Crippen molar-refractivity contribution in [2.75, 3.05) is 6.54 Å². The summed E-state index contributed by atoms with van der Waals surface area (Å²) in [6.07, 6.45) is 2.26. The third-order valence-electron chi connectivity index (χ3n) is 2.77. The second-order valence-electron chi connectivity index (χ2n) is 4.11. The summed E-state index contributed by atoms with van der Waals surface area (Å²) in [5.74, 6) is -0.291. The van der Waals surface area contributed by atoms with Gasteiger partial charge in [-0.3, -0.25) is 0 Å². The van der Waals surface area contributed by atoms with Crippen LogP contribution >= 0.6 is 15.9 Å². The maximum Gasteiger partial charge on any atom is 0.144 e. The molecule has 0 saturated carbocycles. The van der Waals surface area contributed by atoms with Gasteiger partial charge in [0.2, 0.25) is 0 Å². The molecular weight excluding hydrogens is 318 g/mol. The molecule has 0 spiro atoms. The Balaban J connectivity index is 1.90. The van der Waals surface area contributed by atoms with Gasteiger partial charge in [0.1, 0.15) is 23.8 Å². The Labute approximate surface area is 118 Å². The molecule has 0 unspecified atom stereocenters. The molecule has 7 heteroatoms. The van der Waals surface area contributed by atoms with Crippen molar-refractivity contribution in [3.05, 3.63) is 46.0 Å². The van der Waals surface area contributed by atoms with Crippen LogP contribution in [0.4, 0.5) is 8.78 Å². The zero-order chi connectivity index (χ0) is 13.8. The highest BCUT2D eigenvalue weighted by Crippen LogP contribution is 2.21. The summed E-state index contributed by atoms with van der Waals surface area (Å²) >= 11 is 3.04. The Hall–Kier alpha value is -1.34. The van der Waals surface area contributed by atoms with Crippen LogP contribution < -0.4 is 5.32 Å². The van der Waals surface area contributed by atoms with Gasteiger partial charge in [-0.25, -0.2) is 8.78 Å². The van der Waals surface area contributed by atoms with Crippen molar-refractivity contribution < 1.29 is 8.78 Å². The Bertz CT molecular complexity index is 571. The summed E-state index contributed by atoms with van der Waals surface area (Å²) in [5.41, 5.74) is 0.0346. The number of hydrogen-bond donors (Lipinski definition) is 1. The van der Waals surface area contributed by atoms with Gasteiger partial charge in [0.25, 0.3) is 0 Å². The molecule has 2 aromatic rings. The first-order valence-electron chi connectivity index (χ1n) is 5.75. The Kier molecular flexibility index (Phi) is 4.60. The van der Waals surface area contributed by atoms with Crippen LogP contribution in [0.3, 0.4) is 0 Å². The minimum Gasteiger partial charge on any atom is -0.321 e. The number of rotatable bonds is 5. The van der Waals surface area contributed by atoms with Gasteiger partial charge in [-0.1, -0.05) is 0 Å². The van der Waals surface area contributed by atoms with Crippen molar-refractivity contribution in [1.29, 1.82) is 0 Å². The van der Waals surface area contributed by atoms with Crippen LogP contribution in [0.15, 0.2) is 22.9 Å². The molecular formula is C12H13BrF2N4. The fourth-order valence-corrected chi connectivity index (χ4v) is 2.05. The predicted molar refractivity (Wildman–Crippen MR) is 70.5 cm³/mol. The molecule has 102 valence electrons. The van der Waals surface area contributed by atoms with Crippen LogP contribution in [0.5, 0.6) is 0 Å². The molecule has 0 amide bonds. The van der Waals surface area contributed by atoms with E-state index in [-0.39, 0.29) is 16.6 Å². The highest BCUT2D eigenvalue weighted by atomic mass is 79.9. The van der Waals surface area contributed by atoms with Crippen LogP contribution in [0, 0.1) is 11.6 Å². The molecule has 0 saturated heterocycles. The van der Waals surface area contributed by atoms with Gasteiger partial charge in [0, 0.05) is 32.1 Å². The molecule has 2 rings (SSSR count). The topological polar surface area (TPSA) is 42.7 Å². The second kappa shape index (κ2) is 6.21. The lowest BCUT2D eigenvalue weighted by molar-refractivity contribution is 0.530. The van der Waals surface area contributed by atoms with E-state index >= 15 is 0 Å². The number of nitrogens with zero attached hydrogens (tertiary/aromatic N) is 3.